The topological polar surface area (TPSA) is 32.3 Å². The van der Waals surface area contributed by atoms with E-state index < -0.39 is 0 Å². The minimum Gasteiger partial charge on any atom is -0.307 e. The van der Waals surface area contributed by atoms with Gasteiger partial charge in [0, 0.05) is 5.69 Å². The first-order valence-corrected chi connectivity index (χ1v) is 7.93. The summed E-state index contributed by atoms with van der Waals surface area (Å²) in [6.07, 6.45) is 0. The molecule has 0 spiro atoms. The quantitative estimate of drug-likeness (QED) is 0.663. The largest absolute Gasteiger partial charge is 0.330 e. The molecule has 0 radical (unpaired) electrons. The number of anilines is 3. The van der Waals surface area contributed by atoms with Crippen LogP contribution in [0.15, 0.2) is 78.9 Å². The average Bonchev–Trinajstić information content (AvgIpc) is 2.56. The van der Waals surface area contributed by atoms with Gasteiger partial charge < -0.3 is 5.32 Å². The van der Waals surface area contributed by atoms with Gasteiger partial charge in [-0.1, -0.05) is 42.5 Å². The van der Waals surface area contributed by atoms with E-state index in [-0.39, 0.29) is 6.03 Å². The maximum Gasteiger partial charge on any atom is 0.330 e. The van der Waals surface area contributed by atoms with Crippen LogP contribution < -0.4 is 10.2 Å². The van der Waals surface area contributed by atoms with Gasteiger partial charge >= 0.3 is 6.03 Å². The van der Waals surface area contributed by atoms with E-state index in [2.05, 4.69) is 11.4 Å². The van der Waals surface area contributed by atoms with Gasteiger partial charge in [-0.25, -0.2) is 4.79 Å². The van der Waals surface area contributed by atoms with Gasteiger partial charge in [0.15, 0.2) is 0 Å². The van der Waals surface area contributed by atoms with Crippen LogP contribution in [-0.4, -0.2) is 6.03 Å². The van der Waals surface area contributed by atoms with Crippen LogP contribution in [0.1, 0.15) is 11.1 Å². The predicted octanol–water partition coefficient (Wildman–Crippen LogP) is 5.67. The zero-order valence-corrected chi connectivity index (χ0v) is 13.9. The SMILES string of the molecule is Cc1cc(C)cc(NC(=O)N(c2ccccc2)c2ccccc2)c1. The van der Waals surface area contributed by atoms with Crippen molar-refractivity contribution in [3.8, 4) is 0 Å². The first-order valence-electron chi connectivity index (χ1n) is 7.93. The van der Waals surface area contributed by atoms with Crippen molar-refractivity contribution in [3.63, 3.8) is 0 Å². The Labute approximate surface area is 142 Å². The fourth-order valence-electron chi connectivity index (χ4n) is 2.76. The fourth-order valence-corrected chi connectivity index (χ4v) is 2.76. The third kappa shape index (κ3) is 3.63. The van der Waals surface area contributed by atoms with Gasteiger partial charge in [0.1, 0.15) is 0 Å². The Kier molecular flexibility index (Phi) is 4.62. The highest BCUT2D eigenvalue weighted by Crippen LogP contribution is 2.26. The molecule has 1 N–H and O–H groups in total. The Bertz CT molecular complexity index is 769. The second-order valence-electron chi connectivity index (χ2n) is 5.81. The summed E-state index contributed by atoms with van der Waals surface area (Å²) >= 11 is 0. The maximum atomic E-state index is 13.0. The number of aryl methyl sites for hydroxylation is 2. The first kappa shape index (κ1) is 15.8. The molecule has 0 atom stereocenters. The number of hydrogen-bond acceptors (Lipinski definition) is 1. The summed E-state index contributed by atoms with van der Waals surface area (Å²) in [5.41, 5.74) is 4.69. The van der Waals surface area contributed by atoms with Gasteiger partial charge in [-0.15, -0.1) is 0 Å². The maximum absolute atomic E-state index is 13.0. The van der Waals surface area contributed by atoms with Crippen molar-refractivity contribution in [1.29, 1.82) is 0 Å². The van der Waals surface area contributed by atoms with Gasteiger partial charge in [0.05, 0.1) is 11.4 Å². The van der Waals surface area contributed by atoms with Crippen molar-refractivity contribution in [1.82, 2.24) is 0 Å². The molecule has 3 aromatic carbocycles. The monoisotopic (exact) mass is 316 g/mol. The first-order chi connectivity index (χ1) is 11.6. The number of benzene rings is 3. The molecule has 2 amide bonds. The smallest absolute Gasteiger partial charge is 0.307 e. The standard InChI is InChI=1S/C21H20N2O/c1-16-13-17(2)15-18(14-16)22-21(24)23(19-9-5-3-6-10-19)20-11-7-4-8-12-20/h3-15H,1-2H3,(H,22,24). The molecule has 0 aliphatic rings. The number of rotatable bonds is 3. The molecule has 0 heterocycles. The molecule has 0 unspecified atom stereocenters. The van der Waals surface area contributed by atoms with Crippen LogP contribution >= 0.6 is 0 Å². The number of carbonyl (C=O) groups is 1. The third-order valence-electron chi connectivity index (χ3n) is 3.70. The molecule has 3 nitrogen and oxygen atoms in total. The summed E-state index contributed by atoms with van der Waals surface area (Å²) in [6, 6.07) is 25.1. The van der Waals surface area contributed by atoms with E-state index >= 15 is 0 Å². The van der Waals surface area contributed by atoms with Crippen molar-refractivity contribution < 1.29 is 4.79 Å². The number of carbonyl (C=O) groups excluding carboxylic acids is 1. The molecule has 0 fully saturated rings. The van der Waals surface area contributed by atoms with Crippen LogP contribution in [0, 0.1) is 13.8 Å². The molecule has 120 valence electrons. The van der Waals surface area contributed by atoms with Crippen molar-refractivity contribution >= 4 is 23.1 Å². The fraction of sp³-hybridized carbons (Fsp3) is 0.0952. The number of urea groups is 1. The molecule has 0 aliphatic carbocycles. The van der Waals surface area contributed by atoms with Gasteiger partial charge in [-0.05, 0) is 61.4 Å². The Hall–Kier alpha value is -3.07. The summed E-state index contributed by atoms with van der Waals surface area (Å²) in [4.78, 5) is 14.6. The molecule has 3 heteroatoms. The summed E-state index contributed by atoms with van der Waals surface area (Å²) in [5, 5.41) is 3.01. The number of nitrogens with one attached hydrogen (secondary N) is 1. The molecule has 0 saturated heterocycles. The lowest BCUT2D eigenvalue weighted by atomic mass is 10.1. The van der Waals surface area contributed by atoms with E-state index in [9.17, 15) is 4.79 Å². The summed E-state index contributed by atoms with van der Waals surface area (Å²) in [5.74, 6) is 0. The number of nitrogens with zero attached hydrogens (tertiary/aromatic N) is 1. The average molecular weight is 316 g/mol. The third-order valence-corrected chi connectivity index (χ3v) is 3.70. The lowest BCUT2D eigenvalue weighted by Gasteiger charge is -2.23. The van der Waals surface area contributed by atoms with Crippen LogP contribution in [-0.2, 0) is 0 Å². The zero-order valence-electron chi connectivity index (χ0n) is 13.9. The predicted molar refractivity (Wildman–Crippen MR) is 100.0 cm³/mol. The Balaban J connectivity index is 1.95. The van der Waals surface area contributed by atoms with Crippen molar-refractivity contribution in [2.45, 2.75) is 13.8 Å². The van der Waals surface area contributed by atoms with Crippen molar-refractivity contribution in [3.05, 3.63) is 90.0 Å². The second kappa shape index (κ2) is 7.01. The molecule has 0 bridgehead atoms. The Morgan fingerprint density at radius 2 is 1.21 bits per heavy atom. The van der Waals surface area contributed by atoms with Crippen molar-refractivity contribution in [2.24, 2.45) is 0 Å². The molecule has 3 aromatic rings. The lowest BCUT2D eigenvalue weighted by molar-refractivity contribution is 0.259. The van der Waals surface area contributed by atoms with E-state index in [1.54, 1.807) is 4.90 Å². The van der Waals surface area contributed by atoms with Gasteiger partial charge in [0.2, 0.25) is 0 Å². The van der Waals surface area contributed by atoms with E-state index in [4.69, 9.17) is 0 Å². The summed E-state index contributed by atoms with van der Waals surface area (Å²) in [7, 11) is 0. The normalized spacial score (nSPS) is 10.2. The molecular formula is C21H20N2O. The number of amides is 2. The molecule has 0 aliphatic heterocycles. The van der Waals surface area contributed by atoms with Crippen LogP contribution in [0.4, 0.5) is 21.9 Å². The van der Waals surface area contributed by atoms with E-state index in [0.717, 1.165) is 28.2 Å². The summed E-state index contributed by atoms with van der Waals surface area (Å²) in [6.45, 7) is 4.05. The number of hydrogen-bond donors (Lipinski definition) is 1. The van der Waals surface area contributed by atoms with Crippen LogP contribution in [0.5, 0.6) is 0 Å². The molecule has 3 rings (SSSR count). The lowest BCUT2D eigenvalue weighted by Crippen LogP contribution is -2.30. The highest BCUT2D eigenvalue weighted by atomic mass is 16.2. The zero-order chi connectivity index (χ0) is 16.9. The van der Waals surface area contributed by atoms with Crippen LogP contribution in [0.25, 0.3) is 0 Å². The molecule has 24 heavy (non-hydrogen) atoms. The van der Waals surface area contributed by atoms with Crippen molar-refractivity contribution in [2.75, 3.05) is 10.2 Å². The van der Waals surface area contributed by atoms with Gasteiger partial charge in [0.25, 0.3) is 0 Å². The summed E-state index contributed by atoms with van der Waals surface area (Å²) < 4.78 is 0. The van der Waals surface area contributed by atoms with Gasteiger partial charge in [-0.3, -0.25) is 4.90 Å². The molecule has 0 aromatic heterocycles. The second-order valence-corrected chi connectivity index (χ2v) is 5.81. The van der Waals surface area contributed by atoms with Crippen LogP contribution in [0.3, 0.4) is 0 Å². The Morgan fingerprint density at radius 3 is 1.67 bits per heavy atom. The molecule has 0 saturated carbocycles. The van der Waals surface area contributed by atoms with E-state index in [1.165, 1.54) is 0 Å². The minimum absolute atomic E-state index is 0.183. The van der Waals surface area contributed by atoms with Crippen LogP contribution in [0.2, 0.25) is 0 Å². The van der Waals surface area contributed by atoms with Gasteiger partial charge in [-0.2, -0.15) is 0 Å². The van der Waals surface area contributed by atoms with E-state index in [0.29, 0.717) is 0 Å². The Morgan fingerprint density at radius 1 is 0.750 bits per heavy atom. The molecular weight excluding hydrogens is 296 g/mol. The highest BCUT2D eigenvalue weighted by Gasteiger charge is 2.17. The minimum atomic E-state index is -0.183. The highest BCUT2D eigenvalue weighted by molar-refractivity contribution is 6.07. The number of para-hydroxylation sites is 2. The van der Waals surface area contributed by atoms with E-state index in [1.807, 2.05) is 86.6 Å².